The first kappa shape index (κ1) is 12.1. The van der Waals surface area contributed by atoms with Gasteiger partial charge in [-0.25, -0.2) is 4.98 Å². The van der Waals surface area contributed by atoms with E-state index in [9.17, 15) is 8.42 Å². The lowest BCUT2D eigenvalue weighted by Gasteiger charge is -2.05. The highest BCUT2D eigenvalue weighted by Crippen LogP contribution is 2.25. The SMILES string of the molecule is Cc1nc2ccc(NS(=O)(=O)c3ccn[nH]3)cc2s1. The third-order valence-corrected chi connectivity index (χ3v) is 4.76. The van der Waals surface area contributed by atoms with Crippen molar-refractivity contribution in [1.29, 1.82) is 0 Å². The lowest BCUT2D eigenvalue weighted by Crippen LogP contribution is -2.13. The number of fused-ring (bicyclic) bond motifs is 1. The highest BCUT2D eigenvalue weighted by molar-refractivity contribution is 7.92. The molecule has 3 aromatic rings. The number of rotatable bonds is 3. The van der Waals surface area contributed by atoms with Crippen molar-refractivity contribution >= 4 is 37.3 Å². The summed E-state index contributed by atoms with van der Waals surface area (Å²) < 4.78 is 27.5. The Bertz CT molecular complexity index is 822. The topological polar surface area (TPSA) is 87.7 Å². The molecule has 0 saturated heterocycles. The number of aromatic amines is 1. The molecule has 98 valence electrons. The van der Waals surface area contributed by atoms with E-state index in [1.807, 2.05) is 6.92 Å². The Morgan fingerprint density at radius 1 is 1.32 bits per heavy atom. The van der Waals surface area contributed by atoms with Crippen LogP contribution in [0.5, 0.6) is 0 Å². The van der Waals surface area contributed by atoms with E-state index in [0.29, 0.717) is 5.69 Å². The Balaban J connectivity index is 1.97. The first-order valence-corrected chi connectivity index (χ1v) is 7.74. The first-order chi connectivity index (χ1) is 9.04. The number of benzene rings is 1. The van der Waals surface area contributed by atoms with E-state index >= 15 is 0 Å². The zero-order chi connectivity index (χ0) is 13.5. The summed E-state index contributed by atoms with van der Waals surface area (Å²) in [5, 5.41) is 7.04. The van der Waals surface area contributed by atoms with Gasteiger partial charge in [0.25, 0.3) is 10.0 Å². The molecule has 0 radical (unpaired) electrons. The molecule has 2 aromatic heterocycles. The predicted octanol–water partition coefficient (Wildman–Crippen LogP) is 2.13. The van der Waals surface area contributed by atoms with E-state index in [1.165, 1.54) is 23.6 Å². The predicted molar refractivity (Wildman–Crippen MR) is 73.8 cm³/mol. The summed E-state index contributed by atoms with van der Waals surface area (Å²) >= 11 is 1.52. The van der Waals surface area contributed by atoms with Gasteiger partial charge in [-0.15, -0.1) is 11.3 Å². The van der Waals surface area contributed by atoms with Crippen molar-refractivity contribution in [2.45, 2.75) is 11.9 Å². The van der Waals surface area contributed by atoms with Crippen LogP contribution in [0.4, 0.5) is 5.69 Å². The summed E-state index contributed by atoms with van der Waals surface area (Å²) in [6.07, 6.45) is 1.39. The first-order valence-electron chi connectivity index (χ1n) is 5.44. The molecule has 0 aliphatic rings. The number of hydrogen-bond donors (Lipinski definition) is 2. The summed E-state index contributed by atoms with van der Waals surface area (Å²) in [7, 11) is -3.62. The second kappa shape index (κ2) is 4.32. The molecule has 8 heteroatoms. The van der Waals surface area contributed by atoms with Gasteiger partial charge in [0, 0.05) is 0 Å². The Morgan fingerprint density at radius 2 is 2.16 bits per heavy atom. The van der Waals surface area contributed by atoms with E-state index in [1.54, 1.807) is 18.2 Å². The van der Waals surface area contributed by atoms with Gasteiger partial charge in [-0.1, -0.05) is 0 Å². The molecule has 2 N–H and O–H groups in total. The fourth-order valence-electron chi connectivity index (χ4n) is 1.71. The number of nitrogens with zero attached hydrogens (tertiary/aromatic N) is 2. The van der Waals surface area contributed by atoms with Crippen LogP contribution in [0, 0.1) is 6.92 Å². The quantitative estimate of drug-likeness (QED) is 0.774. The molecule has 0 bridgehead atoms. The number of thiazole rings is 1. The third kappa shape index (κ3) is 2.32. The maximum absolute atomic E-state index is 12.0. The van der Waals surface area contributed by atoms with Gasteiger partial charge >= 0.3 is 0 Å². The highest BCUT2D eigenvalue weighted by Gasteiger charge is 2.15. The molecule has 0 saturated carbocycles. The van der Waals surface area contributed by atoms with Gasteiger partial charge in [0.1, 0.15) is 0 Å². The van der Waals surface area contributed by atoms with Crippen LogP contribution in [0.15, 0.2) is 35.5 Å². The summed E-state index contributed by atoms with van der Waals surface area (Å²) in [6, 6.07) is 6.66. The van der Waals surface area contributed by atoms with Crippen molar-refractivity contribution in [3.63, 3.8) is 0 Å². The molecule has 6 nitrogen and oxygen atoms in total. The summed E-state index contributed by atoms with van der Waals surface area (Å²) in [6.45, 7) is 1.92. The molecule has 2 heterocycles. The normalized spacial score (nSPS) is 11.8. The van der Waals surface area contributed by atoms with Gasteiger partial charge in [-0.3, -0.25) is 9.82 Å². The zero-order valence-corrected chi connectivity index (χ0v) is 11.5. The number of anilines is 1. The number of aromatic nitrogens is 3. The van der Waals surface area contributed by atoms with Crippen molar-refractivity contribution in [3.05, 3.63) is 35.5 Å². The smallest absolute Gasteiger partial charge is 0.278 e. The zero-order valence-electron chi connectivity index (χ0n) is 9.91. The van der Waals surface area contributed by atoms with Crippen molar-refractivity contribution < 1.29 is 8.42 Å². The molecule has 0 fully saturated rings. The molecule has 0 aliphatic carbocycles. The van der Waals surface area contributed by atoms with Gasteiger partial charge in [0.05, 0.1) is 27.1 Å². The van der Waals surface area contributed by atoms with Crippen LogP contribution >= 0.6 is 11.3 Å². The molecule has 0 amide bonds. The van der Waals surface area contributed by atoms with Crippen LogP contribution in [-0.2, 0) is 10.0 Å². The largest absolute Gasteiger partial charge is 0.278 e. The minimum absolute atomic E-state index is 0.0353. The van der Waals surface area contributed by atoms with E-state index < -0.39 is 10.0 Å². The maximum atomic E-state index is 12.0. The molecule has 3 rings (SSSR count). The number of hydrogen-bond acceptors (Lipinski definition) is 5. The second-order valence-electron chi connectivity index (χ2n) is 3.94. The highest BCUT2D eigenvalue weighted by atomic mass is 32.2. The third-order valence-electron chi connectivity index (χ3n) is 2.51. The van der Waals surface area contributed by atoms with Gasteiger partial charge < -0.3 is 0 Å². The van der Waals surface area contributed by atoms with Crippen LogP contribution in [0.2, 0.25) is 0 Å². The van der Waals surface area contributed by atoms with Gasteiger partial charge in [0.15, 0.2) is 5.03 Å². The average Bonchev–Trinajstić information content (AvgIpc) is 2.95. The van der Waals surface area contributed by atoms with Crippen molar-refractivity contribution in [2.24, 2.45) is 0 Å². The van der Waals surface area contributed by atoms with Crippen LogP contribution in [0.1, 0.15) is 5.01 Å². The Morgan fingerprint density at radius 3 is 2.89 bits per heavy atom. The summed E-state index contributed by atoms with van der Waals surface area (Å²) in [4.78, 5) is 4.33. The Labute approximate surface area is 113 Å². The monoisotopic (exact) mass is 294 g/mol. The van der Waals surface area contributed by atoms with Crippen LogP contribution in [0.25, 0.3) is 10.2 Å². The Hall–Kier alpha value is -1.93. The molecule has 1 aromatic carbocycles. The van der Waals surface area contributed by atoms with E-state index in [4.69, 9.17) is 0 Å². The van der Waals surface area contributed by atoms with Gasteiger partial charge in [0.2, 0.25) is 0 Å². The van der Waals surface area contributed by atoms with Crippen molar-refractivity contribution in [2.75, 3.05) is 4.72 Å². The minimum atomic E-state index is -3.62. The molecule has 0 aliphatic heterocycles. The van der Waals surface area contributed by atoms with E-state index in [2.05, 4.69) is 19.9 Å². The van der Waals surface area contributed by atoms with Gasteiger partial charge in [-0.2, -0.15) is 13.5 Å². The summed E-state index contributed by atoms with van der Waals surface area (Å²) in [5.74, 6) is 0. The number of aryl methyl sites for hydroxylation is 1. The molecule has 0 spiro atoms. The molecule has 0 unspecified atom stereocenters. The fraction of sp³-hybridized carbons (Fsp3) is 0.0909. The van der Waals surface area contributed by atoms with E-state index in [0.717, 1.165) is 15.2 Å². The number of nitrogens with one attached hydrogen (secondary N) is 2. The van der Waals surface area contributed by atoms with Crippen LogP contribution < -0.4 is 4.72 Å². The Kier molecular flexibility index (Phi) is 2.76. The second-order valence-corrected chi connectivity index (χ2v) is 6.83. The maximum Gasteiger partial charge on any atom is 0.278 e. The standard InChI is InChI=1S/C11H10N4O2S2/c1-7-13-9-3-2-8(6-10(9)18-7)15-19(16,17)11-4-5-12-14-11/h2-6,15H,1H3,(H,12,14). The number of H-pyrrole nitrogens is 1. The minimum Gasteiger partial charge on any atom is -0.278 e. The lowest BCUT2D eigenvalue weighted by molar-refractivity contribution is 0.597. The average molecular weight is 294 g/mol. The lowest BCUT2D eigenvalue weighted by atomic mass is 10.3. The molecule has 0 atom stereocenters. The molecule has 19 heavy (non-hydrogen) atoms. The molecular formula is C11H10N4O2S2. The van der Waals surface area contributed by atoms with Crippen LogP contribution in [0.3, 0.4) is 0 Å². The van der Waals surface area contributed by atoms with Gasteiger partial charge in [-0.05, 0) is 31.2 Å². The summed E-state index contributed by atoms with van der Waals surface area (Å²) in [5.41, 5.74) is 1.37. The number of sulfonamides is 1. The fourth-order valence-corrected chi connectivity index (χ4v) is 3.53. The van der Waals surface area contributed by atoms with Crippen LogP contribution in [-0.4, -0.2) is 23.6 Å². The van der Waals surface area contributed by atoms with E-state index in [-0.39, 0.29) is 5.03 Å². The molecular weight excluding hydrogens is 284 g/mol. The van der Waals surface area contributed by atoms with Crippen molar-refractivity contribution in [1.82, 2.24) is 15.2 Å². The van der Waals surface area contributed by atoms with Crippen molar-refractivity contribution in [3.8, 4) is 0 Å².